The molecule has 1 saturated carbocycles. The molecule has 0 saturated heterocycles. The first-order chi connectivity index (χ1) is 9.74. The van der Waals surface area contributed by atoms with Crippen molar-refractivity contribution in [1.29, 1.82) is 0 Å². The van der Waals surface area contributed by atoms with Crippen molar-refractivity contribution in [3.8, 4) is 0 Å². The zero-order valence-electron chi connectivity index (χ0n) is 12.2. The van der Waals surface area contributed by atoms with Gasteiger partial charge in [0.05, 0.1) is 5.52 Å². The molecule has 2 aromatic rings. The fourth-order valence-electron chi connectivity index (χ4n) is 2.92. The van der Waals surface area contributed by atoms with E-state index >= 15 is 0 Å². The van der Waals surface area contributed by atoms with E-state index in [9.17, 15) is 4.79 Å². The summed E-state index contributed by atoms with van der Waals surface area (Å²) in [5.74, 6) is 0.488. The first-order valence-corrected chi connectivity index (χ1v) is 7.61. The molecule has 0 radical (unpaired) electrons. The van der Waals surface area contributed by atoms with Gasteiger partial charge in [0.25, 0.3) is 0 Å². The van der Waals surface area contributed by atoms with Crippen molar-refractivity contribution in [3.05, 3.63) is 34.3 Å². The number of oxazole rings is 1. The van der Waals surface area contributed by atoms with Crippen molar-refractivity contribution in [3.63, 3.8) is 0 Å². The van der Waals surface area contributed by atoms with Crippen molar-refractivity contribution in [2.24, 2.45) is 5.92 Å². The van der Waals surface area contributed by atoms with Crippen LogP contribution in [0.5, 0.6) is 0 Å². The van der Waals surface area contributed by atoms with E-state index in [4.69, 9.17) is 4.42 Å². The maximum Gasteiger partial charge on any atom is 0.419 e. The zero-order chi connectivity index (χ0) is 14.1. The highest BCUT2D eigenvalue weighted by Crippen LogP contribution is 2.41. The van der Waals surface area contributed by atoms with Crippen LogP contribution in [0.3, 0.4) is 0 Å². The van der Waals surface area contributed by atoms with Crippen LogP contribution >= 0.6 is 0 Å². The molecule has 1 fully saturated rings. The molecule has 1 aromatic carbocycles. The van der Waals surface area contributed by atoms with Gasteiger partial charge in [-0.2, -0.15) is 0 Å². The van der Waals surface area contributed by atoms with Crippen LogP contribution in [0.1, 0.15) is 44.7 Å². The molecular weight excluding hydrogens is 252 g/mol. The quantitative estimate of drug-likeness (QED) is 0.880. The molecule has 1 aromatic heterocycles. The molecule has 1 aliphatic carbocycles. The van der Waals surface area contributed by atoms with E-state index in [2.05, 4.69) is 25.2 Å². The number of rotatable bonds is 6. The molecule has 1 N–H and O–H groups in total. The number of hydrogen-bond acceptors (Lipinski definition) is 3. The monoisotopic (exact) mass is 274 g/mol. The van der Waals surface area contributed by atoms with Crippen LogP contribution in [-0.4, -0.2) is 11.1 Å². The fourth-order valence-corrected chi connectivity index (χ4v) is 2.92. The lowest BCUT2D eigenvalue weighted by molar-refractivity contribution is 0.491. The Bertz CT molecular complexity index is 652. The van der Waals surface area contributed by atoms with Gasteiger partial charge < -0.3 is 9.73 Å². The summed E-state index contributed by atoms with van der Waals surface area (Å²) in [4.78, 5) is 11.9. The molecule has 0 spiro atoms. The van der Waals surface area contributed by atoms with Crippen LogP contribution in [-0.2, 0) is 6.54 Å². The topological polar surface area (TPSA) is 47.2 Å². The Balaban J connectivity index is 2.00. The number of aromatic nitrogens is 1. The lowest BCUT2D eigenvalue weighted by Crippen LogP contribution is -2.22. The summed E-state index contributed by atoms with van der Waals surface area (Å²) in [6.07, 6.45) is 3.51. The molecule has 4 heteroatoms. The normalized spacial score (nSPS) is 16.7. The largest absolute Gasteiger partial charge is 0.419 e. The Morgan fingerprint density at radius 3 is 2.85 bits per heavy atom. The lowest BCUT2D eigenvalue weighted by Gasteiger charge is -2.17. The third-order valence-electron chi connectivity index (χ3n) is 4.02. The van der Waals surface area contributed by atoms with Crippen molar-refractivity contribution in [1.82, 2.24) is 9.88 Å². The van der Waals surface area contributed by atoms with E-state index in [1.54, 1.807) is 4.57 Å². The van der Waals surface area contributed by atoms with E-state index in [0.29, 0.717) is 18.2 Å². The van der Waals surface area contributed by atoms with Gasteiger partial charge in [-0.05, 0) is 49.4 Å². The Kier molecular flexibility index (Phi) is 3.66. The van der Waals surface area contributed by atoms with Gasteiger partial charge in [-0.25, -0.2) is 4.79 Å². The second-order valence-electron chi connectivity index (χ2n) is 5.62. The molecule has 1 heterocycles. The van der Waals surface area contributed by atoms with Crippen molar-refractivity contribution >= 4 is 11.1 Å². The minimum Gasteiger partial charge on any atom is -0.408 e. The number of hydrogen-bond donors (Lipinski definition) is 1. The van der Waals surface area contributed by atoms with Gasteiger partial charge >= 0.3 is 5.76 Å². The summed E-state index contributed by atoms with van der Waals surface area (Å²) in [5, 5.41) is 3.55. The number of fused-ring (bicyclic) bond motifs is 1. The van der Waals surface area contributed by atoms with Crippen molar-refractivity contribution < 1.29 is 4.42 Å². The predicted octanol–water partition coefficient (Wildman–Crippen LogP) is 3.07. The van der Waals surface area contributed by atoms with E-state index < -0.39 is 0 Å². The Morgan fingerprint density at radius 2 is 2.20 bits per heavy atom. The van der Waals surface area contributed by atoms with E-state index in [0.717, 1.165) is 24.4 Å². The maximum atomic E-state index is 11.9. The third kappa shape index (κ3) is 2.40. The van der Waals surface area contributed by atoms with Crippen LogP contribution < -0.4 is 11.1 Å². The average Bonchev–Trinajstić information content (AvgIpc) is 3.22. The lowest BCUT2D eigenvalue weighted by atomic mass is 10.0. The zero-order valence-corrected chi connectivity index (χ0v) is 12.2. The average molecular weight is 274 g/mol. The maximum absolute atomic E-state index is 11.9. The molecule has 108 valence electrons. The highest BCUT2D eigenvalue weighted by molar-refractivity contribution is 5.74. The van der Waals surface area contributed by atoms with Gasteiger partial charge in [-0.15, -0.1) is 0 Å². The Labute approximate surface area is 118 Å². The van der Waals surface area contributed by atoms with Gasteiger partial charge in [0.2, 0.25) is 0 Å². The Morgan fingerprint density at radius 1 is 1.40 bits per heavy atom. The number of nitrogens with zero attached hydrogens (tertiary/aromatic N) is 1. The second-order valence-corrected chi connectivity index (χ2v) is 5.62. The molecule has 0 bridgehead atoms. The molecule has 1 aliphatic rings. The smallest absolute Gasteiger partial charge is 0.408 e. The van der Waals surface area contributed by atoms with Crippen LogP contribution in [0, 0.1) is 5.92 Å². The first kappa shape index (κ1) is 13.4. The second kappa shape index (κ2) is 5.44. The molecule has 0 aliphatic heterocycles. The van der Waals surface area contributed by atoms with E-state index in [1.165, 1.54) is 18.4 Å². The fraction of sp³-hybridized carbons (Fsp3) is 0.562. The highest BCUT2D eigenvalue weighted by Gasteiger charge is 2.32. The minimum atomic E-state index is -0.245. The molecule has 20 heavy (non-hydrogen) atoms. The standard InChI is InChI=1S/C16H22N2O2/c1-3-9-18-13-8-7-12(10-14(13)20-16(18)19)15(17-4-2)11-5-6-11/h7-8,10-11,15,17H,3-6,9H2,1-2H3. The van der Waals surface area contributed by atoms with Crippen molar-refractivity contribution in [2.45, 2.75) is 45.7 Å². The summed E-state index contributed by atoms with van der Waals surface area (Å²) in [5.41, 5.74) is 2.86. The molecule has 0 amide bonds. The number of aryl methyl sites for hydroxylation is 1. The Hall–Kier alpha value is -1.55. The molecule has 1 unspecified atom stereocenters. The van der Waals surface area contributed by atoms with Gasteiger partial charge in [0.1, 0.15) is 0 Å². The third-order valence-corrected chi connectivity index (χ3v) is 4.02. The summed E-state index contributed by atoms with van der Waals surface area (Å²) >= 11 is 0. The van der Waals surface area contributed by atoms with Crippen LogP contribution in [0.2, 0.25) is 0 Å². The SMILES string of the molecule is CCCn1c(=O)oc2cc(C(NCC)C3CC3)ccc21. The highest BCUT2D eigenvalue weighted by atomic mass is 16.4. The molecule has 4 nitrogen and oxygen atoms in total. The summed E-state index contributed by atoms with van der Waals surface area (Å²) in [6, 6.07) is 6.59. The first-order valence-electron chi connectivity index (χ1n) is 7.61. The molecule has 3 rings (SSSR count). The number of nitrogens with one attached hydrogen (secondary N) is 1. The van der Waals surface area contributed by atoms with Gasteiger partial charge in [-0.1, -0.05) is 19.9 Å². The van der Waals surface area contributed by atoms with Gasteiger partial charge in [0.15, 0.2) is 5.58 Å². The van der Waals surface area contributed by atoms with Gasteiger partial charge in [-0.3, -0.25) is 4.57 Å². The van der Waals surface area contributed by atoms with E-state index in [1.807, 2.05) is 12.1 Å². The minimum absolute atomic E-state index is 0.245. The van der Waals surface area contributed by atoms with Crippen LogP contribution in [0.4, 0.5) is 0 Å². The summed E-state index contributed by atoms with van der Waals surface area (Å²) < 4.78 is 7.12. The summed E-state index contributed by atoms with van der Waals surface area (Å²) in [7, 11) is 0. The van der Waals surface area contributed by atoms with E-state index in [-0.39, 0.29) is 5.76 Å². The predicted molar refractivity (Wildman–Crippen MR) is 79.9 cm³/mol. The van der Waals surface area contributed by atoms with Crippen LogP contribution in [0.15, 0.2) is 27.4 Å². The van der Waals surface area contributed by atoms with Gasteiger partial charge in [0, 0.05) is 12.6 Å². The molecular formula is C16H22N2O2. The van der Waals surface area contributed by atoms with Crippen molar-refractivity contribution in [2.75, 3.05) is 6.54 Å². The van der Waals surface area contributed by atoms with Crippen LogP contribution in [0.25, 0.3) is 11.1 Å². The number of benzene rings is 1. The molecule has 1 atom stereocenters. The summed E-state index contributed by atoms with van der Waals surface area (Å²) in [6.45, 7) is 5.87.